The number of amides is 1. The Morgan fingerprint density at radius 3 is 3.06 bits per heavy atom. The molecule has 0 bridgehead atoms. The number of nitrogens with zero attached hydrogens (tertiary/aromatic N) is 3. The maximum Gasteiger partial charge on any atom is 0.328 e. The Bertz CT molecular complexity index is 343. The second kappa shape index (κ2) is 7.13. The van der Waals surface area contributed by atoms with Gasteiger partial charge in [0.2, 0.25) is 0 Å². The minimum atomic E-state index is -0.0854. The number of hydrogen-bond donors (Lipinski definition) is 0. The van der Waals surface area contributed by atoms with Gasteiger partial charge in [-0.05, 0) is 12.8 Å². The van der Waals surface area contributed by atoms with Gasteiger partial charge in [0.1, 0.15) is 6.33 Å². The van der Waals surface area contributed by atoms with Gasteiger partial charge >= 0.3 is 6.03 Å². The molecule has 0 atom stereocenters. The lowest BCUT2D eigenvalue weighted by Gasteiger charge is -2.09. The lowest BCUT2D eigenvalue weighted by atomic mass is 10.3. The summed E-state index contributed by atoms with van der Waals surface area (Å²) in [5.41, 5.74) is 0.914. The molecule has 0 fully saturated rings. The normalized spacial score (nSPS) is 10.4. The Morgan fingerprint density at radius 1 is 1.69 bits per heavy atom. The van der Waals surface area contributed by atoms with Crippen molar-refractivity contribution < 1.29 is 8.98 Å². The Kier molecular flexibility index (Phi) is 6.14. The molecule has 90 valence electrons. The van der Waals surface area contributed by atoms with Crippen LogP contribution >= 0.6 is 30.4 Å². The topological polar surface area (TPSA) is 47.4 Å². The van der Waals surface area contributed by atoms with Crippen molar-refractivity contribution >= 4 is 36.5 Å². The Balaban J connectivity index is 2.42. The van der Waals surface area contributed by atoms with Crippen molar-refractivity contribution in [2.75, 3.05) is 20.7 Å². The lowest BCUT2D eigenvalue weighted by molar-refractivity contribution is 0.219. The van der Waals surface area contributed by atoms with Crippen molar-refractivity contribution in [1.82, 2.24) is 14.5 Å². The number of imidazole rings is 1. The number of aryl methyl sites for hydroxylation is 1. The van der Waals surface area contributed by atoms with E-state index in [-0.39, 0.29) is 6.03 Å². The second-order valence-corrected chi connectivity index (χ2v) is 4.88. The molecule has 1 amide bonds. The molecule has 5 nitrogen and oxygen atoms in total. The standard InChI is InChI=1S/C9H14IN3O2S/c1-12(2)9(14)13-6-8(11-7-13)4-3-5-15-16-10/h6-7H,3-5H2,1-2H3. The monoisotopic (exact) mass is 355 g/mol. The van der Waals surface area contributed by atoms with E-state index in [2.05, 4.69) is 26.2 Å². The predicted molar refractivity (Wildman–Crippen MR) is 72.6 cm³/mol. The molecule has 1 aromatic heterocycles. The summed E-state index contributed by atoms with van der Waals surface area (Å²) in [6.45, 7) is 0.697. The second-order valence-electron chi connectivity index (χ2n) is 3.44. The largest absolute Gasteiger partial charge is 0.330 e. The molecule has 0 aromatic carbocycles. The minimum absolute atomic E-state index is 0.0854. The molecule has 0 saturated heterocycles. The van der Waals surface area contributed by atoms with Gasteiger partial charge in [-0.1, -0.05) is 0 Å². The summed E-state index contributed by atoms with van der Waals surface area (Å²) < 4.78 is 6.63. The van der Waals surface area contributed by atoms with E-state index in [9.17, 15) is 4.79 Å². The van der Waals surface area contributed by atoms with Crippen molar-refractivity contribution in [3.63, 3.8) is 0 Å². The van der Waals surface area contributed by atoms with E-state index in [0.717, 1.165) is 18.5 Å². The van der Waals surface area contributed by atoms with Crippen molar-refractivity contribution in [2.24, 2.45) is 0 Å². The summed E-state index contributed by atoms with van der Waals surface area (Å²) in [7, 11) is 4.77. The predicted octanol–water partition coefficient (Wildman–Crippen LogP) is 2.36. The van der Waals surface area contributed by atoms with Crippen LogP contribution in [0.25, 0.3) is 0 Å². The number of rotatable bonds is 5. The van der Waals surface area contributed by atoms with Gasteiger partial charge in [-0.2, -0.15) is 0 Å². The molecule has 7 heteroatoms. The van der Waals surface area contributed by atoms with E-state index in [1.165, 1.54) is 18.7 Å². The Labute approximate surface area is 111 Å². The number of carbonyl (C=O) groups excluding carboxylic acids is 1. The number of halogens is 1. The molecule has 0 radical (unpaired) electrons. The number of hydrogen-bond acceptors (Lipinski definition) is 4. The highest BCUT2D eigenvalue weighted by Crippen LogP contribution is 2.13. The fraction of sp³-hybridized carbons (Fsp3) is 0.556. The van der Waals surface area contributed by atoms with Crippen LogP contribution in [-0.2, 0) is 10.6 Å². The third-order valence-corrected chi connectivity index (χ3v) is 2.96. The molecular weight excluding hydrogens is 341 g/mol. The summed E-state index contributed by atoms with van der Waals surface area (Å²) in [6.07, 6.45) is 5.04. The van der Waals surface area contributed by atoms with E-state index >= 15 is 0 Å². The van der Waals surface area contributed by atoms with Gasteiger partial charge in [0.05, 0.1) is 21.5 Å². The third-order valence-electron chi connectivity index (χ3n) is 1.94. The van der Waals surface area contributed by atoms with Gasteiger partial charge in [0.25, 0.3) is 0 Å². The van der Waals surface area contributed by atoms with Crippen LogP contribution in [0.4, 0.5) is 4.79 Å². The van der Waals surface area contributed by atoms with Crippen molar-refractivity contribution in [3.05, 3.63) is 18.2 Å². The van der Waals surface area contributed by atoms with E-state index in [4.69, 9.17) is 4.18 Å². The average molecular weight is 355 g/mol. The molecular formula is C9H14IN3O2S. The zero-order chi connectivity index (χ0) is 12.0. The molecule has 1 heterocycles. The van der Waals surface area contributed by atoms with Crippen LogP contribution in [0.1, 0.15) is 12.1 Å². The highest BCUT2D eigenvalue weighted by molar-refractivity contribution is 14.2. The highest BCUT2D eigenvalue weighted by atomic mass is 127. The summed E-state index contributed by atoms with van der Waals surface area (Å²) in [4.78, 5) is 17.2. The summed E-state index contributed by atoms with van der Waals surface area (Å²) >= 11 is 2.09. The molecule has 0 spiro atoms. The van der Waals surface area contributed by atoms with Gasteiger partial charge in [-0.3, -0.25) is 4.57 Å². The molecule has 0 aliphatic rings. The minimum Gasteiger partial charge on any atom is -0.330 e. The van der Waals surface area contributed by atoms with Gasteiger partial charge in [-0.15, -0.1) is 0 Å². The summed E-state index contributed by atoms with van der Waals surface area (Å²) in [5.74, 6) is 0. The van der Waals surface area contributed by atoms with Gasteiger partial charge in [0.15, 0.2) is 0 Å². The summed E-state index contributed by atoms with van der Waals surface area (Å²) in [5, 5.41) is 0. The SMILES string of the molecule is CN(C)C(=O)n1cnc(CCCOSI)c1. The maximum atomic E-state index is 11.6. The van der Waals surface area contributed by atoms with Crippen LogP contribution < -0.4 is 0 Å². The van der Waals surface area contributed by atoms with Crippen LogP contribution in [0.5, 0.6) is 0 Å². The fourth-order valence-corrected chi connectivity index (χ4v) is 1.89. The molecule has 0 unspecified atom stereocenters. The molecule has 1 aromatic rings. The molecule has 0 N–H and O–H groups in total. The van der Waals surface area contributed by atoms with Gasteiger partial charge in [-0.25, -0.2) is 9.78 Å². The maximum absolute atomic E-state index is 11.6. The Hall–Kier alpha value is -0.280. The van der Waals surface area contributed by atoms with Crippen LogP contribution in [-0.4, -0.2) is 41.2 Å². The van der Waals surface area contributed by atoms with Crippen molar-refractivity contribution in [3.8, 4) is 0 Å². The van der Waals surface area contributed by atoms with E-state index in [1.807, 2.05) is 0 Å². The van der Waals surface area contributed by atoms with Crippen molar-refractivity contribution in [1.29, 1.82) is 0 Å². The van der Waals surface area contributed by atoms with Crippen LogP contribution in [0.15, 0.2) is 12.5 Å². The molecule has 0 aliphatic heterocycles. The van der Waals surface area contributed by atoms with Crippen LogP contribution in [0.2, 0.25) is 0 Å². The van der Waals surface area contributed by atoms with E-state index < -0.39 is 0 Å². The smallest absolute Gasteiger partial charge is 0.328 e. The highest BCUT2D eigenvalue weighted by Gasteiger charge is 2.07. The molecule has 1 rings (SSSR count). The lowest BCUT2D eigenvalue weighted by Crippen LogP contribution is -2.26. The average Bonchev–Trinajstić information content (AvgIpc) is 2.72. The first-order chi connectivity index (χ1) is 7.65. The number of aromatic nitrogens is 2. The van der Waals surface area contributed by atoms with E-state index in [0.29, 0.717) is 6.61 Å². The zero-order valence-corrected chi connectivity index (χ0v) is 12.2. The first kappa shape index (κ1) is 13.8. The first-order valence-corrected chi connectivity index (χ1v) is 8.08. The molecule has 0 saturated carbocycles. The molecule has 0 aliphatic carbocycles. The summed E-state index contributed by atoms with van der Waals surface area (Å²) in [6, 6.07) is -0.0854. The number of carbonyl (C=O) groups is 1. The van der Waals surface area contributed by atoms with Gasteiger partial charge < -0.3 is 9.08 Å². The third kappa shape index (κ3) is 4.30. The quantitative estimate of drug-likeness (QED) is 0.462. The fourth-order valence-electron chi connectivity index (χ4n) is 1.17. The Morgan fingerprint density at radius 2 is 2.44 bits per heavy atom. The van der Waals surface area contributed by atoms with Gasteiger partial charge in [0, 0.05) is 41.5 Å². The van der Waals surface area contributed by atoms with Crippen LogP contribution in [0, 0.1) is 0 Å². The zero-order valence-electron chi connectivity index (χ0n) is 9.22. The van der Waals surface area contributed by atoms with Crippen molar-refractivity contribution in [2.45, 2.75) is 12.8 Å². The first-order valence-electron chi connectivity index (χ1n) is 4.80. The van der Waals surface area contributed by atoms with Crippen LogP contribution in [0.3, 0.4) is 0 Å². The van der Waals surface area contributed by atoms with E-state index in [1.54, 1.807) is 26.6 Å². The molecule has 16 heavy (non-hydrogen) atoms.